The number of halogens is 1. The minimum Gasteiger partial charge on any atom is -0.357 e. The van der Waals surface area contributed by atoms with E-state index in [9.17, 15) is 0 Å². The van der Waals surface area contributed by atoms with Gasteiger partial charge in [-0.05, 0) is 45.9 Å². The highest BCUT2D eigenvalue weighted by molar-refractivity contribution is 6.29. The van der Waals surface area contributed by atoms with Crippen molar-refractivity contribution in [1.29, 1.82) is 0 Å². The lowest BCUT2D eigenvalue weighted by molar-refractivity contribution is 0.282. The number of rotatable bonds is 8. The topological polar surface area (TPSA) is 52.6 Å². The van der Waals surface area contributed by atoms with Crippen LogP contribution in [0.4, 0.5) is 0 Å². The molecule has 1 aromatic heterocycles. The average molecular weight is 326 g/mol. The summed E-state index contributed by atoms with van der Waals surface area (Å²) in [6.07, 6.45) is 2.70. The first-order chi connectivity index (χ1) is 10.5. The average Bonchev–Trinajstić information content (AvgIpc) is 2.49. The molecule has 0 atom stereocenters. The molecule has 0 amide bonds. The molecular weight excluding hydrogens is 298 g/mol. The number of likely N-dealkylation sites (N-methyl/N-ethyl adjacent to an activating group) is 1. The number of nitrogens with one attached hydrogen (secondary N) is 2. The van der Waals surface area contributed by atoms with Gasteiger partial charge in [0.15, 0.2) is 5.96 Å². The second kappa shape index (κ2) is 10.4. The van der Waals surface area contributed by atoms with Gasteiger partial charge in [0.25, 0.3) is 0 Å². The van der Waals surface area contributed by atoms with E-state index in [2.05, 4.69) is 53.3 Å². The van der Waals surface area contributed by atoms with Crippen molar-refractivity contribution in [3.8, 4) is 0 Å². The van der Waals surface area contributed by atoms with Crippen molar-refractivity contribution in [3.63, 3.8) is 0 Å². The zero-order chi connectivity index (χ0) is 16.4. The van der Waals surface area contributed by atoms with Crippen LogP contribution < -0.4 is 10.6 Å². The van der Waals surface area contributed by atoms with Crippen molar-refractivity contribution in [2.24, 2.45) is 4.99 Å². The smallest absolute Gasteiger partial charge is 0.191 e. The van der Waals surface area contributed by atoms with Crippen molar-refractivity contribution < 1.29 is 0 Å². The van der Waals surface area contributed by atoms with Crippen LogP contribution in [0, 0.1) is 0 Å². The largest absolute Gasteiger partial charge is 0.357 e. The number of hydrogen-bond donors (Lipinski definition) is 2. The number of aliphatic imine (C=N–C) groups is 1. The van der Waals surface area contributed by atoms with Gasteiger partial charge < -0.3 is 15.5 Å². The third-order valence-electron chi connectivity index (χ3n) is 3.44. The van der Waals surface area contributed by atoms with Gasteiger partial charge in [-0.15, -0.1) is 0 Å². The van der Waals surface area contributed by atoms with Crippen LogP contribution in [-0.2, 0) is 6.42 Å². The molecular formula is C16H28ClN5. The Morgan fingerprint density at radius 1 is 1.36 bits per heavy atom. The zero-order valence-electron chi connectivity index (χ0n) is 14.1. The molecule has 0 radical (unpaired) electrons. The molecule has 0 saturated heterocycles. The lowest BCUT2D eigenvalue weighted by Gasteiger charge is -2.20. The van der Waals surface area contributed by atoms with E-state index in [1.807, 2.05) is 18.3 Å². The first-order valence-corrected chi connectivity index (χ1v) is 8.23. The minimum atomic E-state index is 0.529. The SMILES string of the molecule is CCNC(=NCCN(C)C(C)C)NCCc1ccc(Cl)nc1. The van der Waals surface area contributed by atoms with Crippen LogP contribution >= 0.6 is 11.6 Å². The maximum absolute atomic E-state index is 5.78. The Balaban J connectivity index is 2.38. The van der Waals surface area contributed by atoms with Gasteiger partial charge in [-0.1, -0.05) is 17.7 Å². The first kappa shape index (κ1) is 18.7. The molecule has 0 aliphatic heterocycles. The summed E-state index contributed by atoms with van der Waals surface area (Å²) in [5.41, 5.74) is 1.16. The summed E-state index contributed by atoms with van der Waals surface area (Å²) in [6, 6.07) is 4.36. The van der Waals surface area contributed by atoms with Crippen molar-refractivity contribution in [2.45, 2.75) is 33.2 Å². The summed E-state index contributed by atoms with van der Waals surface area (Å²) in [6.45, 7) is 9.85. The van der Waals surface area contributed by atoms with Gasteiger partial charge in [0, 0.05) is 31.9 Å². The minimum absolute atomic E-state index is 0.529. The summed E-state index contributed by atoms with van der Waals surface area (Å²) in [7, 11) is 2.12. The molecule has 0 aliphatic carbocycles. The molecule has 2 N–H and O–H groups in total. The van der Waals surface area contributed by atoms with E-state index in [4.69, 9.17) is 11.6 Å². The fraction of sp³-hybridized carbons (Fsp3) is 0.625. The van der Waals surface area contributed by atoms with Gasteiger partial charge in [0.2, 0.25) is 0 Å². The number of aromatic nitrogens is 1. The Hall–Kier alpha value is -1.33. The van der Waals surface area contributed by atoms with Gasteiger partial charge >= 0.3 is 0 Å². The van der Waals surface area contributed by atoms with E-state index in [0.717, 1.165) is 44.1 Å². The van der Waals surface area contributed by atoms with Crippen LogP contribution in [0.25, 0.3) is 0 Å². The van der Waals surface area contributed by atoms with Crippen LogP contribution in [0.15, 0.2) is 23.3 Å². The van der Waals surface area contributed by atoms with E-state index in [0.29, 0.717) is 11.2 Å². The number of nitrogens with zero attached hydrogens (tertiary/aromatic N) is 3. The molecule has 22 heavy (non-hydrogen) atoms. The maximum Gasteiger partial charge on any atom is 0.191 e. The number of guanidine groups is 1. The van der Waals surface area contributed by atoms with Crippen LogP contribution in [0.5, 0.6) is 0 Å². The highest BCUT2D eigenvalue weighted by Crippen LogP contribution is 2.05. The molecule has 1 heterocycles. The molecule has 1 rings (SSSR count). The Morgan fingerprint density at radius 3 is 2.73 bits per heavy atom. The highest BCUT2D eigenvalue weighted by Gasteiger charge is 2.02. The van der Waals surface area contributed by atoms with Gasteiger partial charge in [-0.25, -0.2) is 4.98 Å². The Bertz CT molecular complexity index is 444. The molecule has 124 valence electrons. The van der Waals surface area contributed by atoms with Crippen LogP contribution in [0.3, 0.4) is 0 Å². The fourth-order valence-electron chi connectivity index (χ4n) is 1.80. The van der Waals surface area contributed by atoms with Crippen molar-refractivity contribution in [2.75, 3.05) is 33.2 Å². The van der Waals surface area contributed by atoms with Gasteiger partial charge in [-0.2, -0.15) is 0 Å². The fourth-order valence-corrected chi connectivity index (χ4v) is 1.91. The van der Waals surface area contributed by atoms with E-state index < -0.39 is 0 Å². The molecule has 5 nitrogen and oxygen atoms in total. The predicted octanol–water partition coefficient (Wildman–Crippen LogP) is 2.17. The zero-order valence-corrected chi connectivity index (χ0v) is 14.8. The van der Waals surface area contributed by atoms with Crippen molar-refractivity contribution >= 4 is 17.6 Å². The standard InChI is InChI=1S/C16H28ClN5/c1-5-18-16(20-10-11-22(4)13(2)3)19-9-8-14-6-7-15(17)21-12-14/h6-7,12-13H,5,8-11H2,1-4H3,(H2,18,19,20). The Labute approximate surface area is 139 Å². The van der Waals surface area contributed by atoms with Crippen LogP contribution in [0.2, 0.25) is 5.15 Å². The second-order valence-electron chi connectivity index (χ2n) is 5.50. The number of hydrogen-bond acceptors (Lipinski definition) is 3. The summed E-state index contributed by atoms with van der Waals surface area (Å²) in [4.78, 5) is 11.0. The van der Waals surface area contributed by atoms with Gasteiger partial charge in [0.05, 0.1) is 6.54 Å². The summed E-state index contributed by atoms with van der Waals surface area (Å²) in [5, 5.41) is 7.14. The van der Waals surface area contributed by atoms with Gasteiger partial charge in [-0.3, -0.25) is 4.99 Å². The third kappa shape index (κ3) is 7.61. The van der Waals surface area contributed by atoms with Crippen LogP contribution in [0.1, 0.15) is 26.3 Å². The third-order valence-corrected chi connectivity index (χ3v) is 3.67. The van der Waals surface area contributed by atoms with Crippen molar-refractivity contribution in [1.82, 2.24) is 20.5 Å². The van der Waals surface area contributed by atoms with Gasteiger partial charge in [0.1, 0.15) is 5.15 Å². The quantitative estimate of drug-likeness (QED) is 0.437. The normalized spacial score (nSPS) is 12.0. The van der Waals surface area contributed by atoms with Crippen molar-refractivity contribution in [3.05, 3.63) is 29.0 Å². The van der Waals surface area contributed by atoms with E-state index in [1.165, 1.54) is 0 Å². The molecule has 0 bridgehead atoms. The maximum atomic E-state index is 5.78. The summed E-state index contributed by atoms with van der Waals surface area (Å²) >= 11 is 5.78. The molecule has 0 saturated carbocycles. The molecule has 0 fully saturated rings. The molecule has 6 heteroatoms. The Kier molecular flexibility index (Phi) is 8.85. The lowest BCUT2D eigenvalue weighted by atomic mass is 10.2. The Morgan fingerprint density at radius 2 is 2.14 bits per heavy atom. The van der Waals surface area contributed by atoms with E-state index in [-0.39, 0.29) is 0 Å². The monoisotopic (exact) mass is 325 g/mol. The molecule has 1 aromatic rings. The second-order valence-corrected chi connectivity index (χ2v) is 5.89. The van der Waals surface area contributed by atoms with Crippen LogP contribution in [-0.4, -0.2) is 55.1 Å². The molecule has 0 aliphatic rings. The van der Waals surface area contributed by atoms with E-state index in [1.54, 1.807) is 0 Å². The van der Waals surface area contributed by atoms with E-state index >= 15 is 0 Å². The summed E-state index contributed by atoms with van der Waals surface area (Å²) < 4.78 is 0. The first-order valence-electron chi connectivity index (χ1n) is 7.85. The number of pyridine rings is 1. The highest BCUT2D eigenvalue weighted by atomic mass is 35.5. The predicted molar refractivity (Wildman–Crippen MR) is 94.7 cm³/mol. The summed E-state index contributed by atoms with van der Waals surface area (Å²) in [5.74, 6) is 0.863. The molecule has 0 spiro atoms. The lowest BCUT2D eigenvalue weighted by Crippen LogP contribution is -2.39. The molecule has 0 unspecified atom stereocenters. The molecule has 0 aromatic carbocycles.